The fourth-order valence-corrected chi connectivity index (χ4v) is 4.63. The molecule has 0 saturated carbocycles. The molecule has 1 aliphatic carbocycles. The molecule has 2 rings (SSSR count). The highest BCUT2D eigenvalue weighted by Gasteiger charge is 2.08. The molecule has 0 amide bonds. The van der Waals surface area contributed by atoms with Gasteiger partial charge in [-0.25, -0.2) is 4.58 Å². The Morgan fingerprint density at radius 2 is 1.06 bits per heavy atom. The topological polar surface area (TPSA) is 12.2 Å². The molecule has 34 heavy (non-hydrogen) atoms. The molecule has 0 unspecified atom stereocenters. The van der Waals surface area contributed by atoms with Gasteiger partial charge in [-0.1, -0.05) is 96.1 Å². The van der Waals surface area contributed by atoms with Crippen molar-refractivity contribution >= 4 is 5.71 Å². The van der Waals surface area contributed by atoms with Gasteiger partial charge >= 0.3 is 0 Å². The molecule has 1 aliphatic heterocycles. The zero-order valence-electron chi connectivity index (χ0n) is 22.6. The molecule has 0 fully saturated rings. The Morgan fingerprint density at radius 1 is 0.618 bits per heavy atom. The van der Waals surface area contributed by atoms with Gasteiger partial charge in [0, 0.05) is 18.6 Å². The first kappa shape index (κ1) is 28.1. The van der Waals surface area contributed by atoms with Crippen molar-refractivity contribution in [1.29, 1.82) is 0 Å². The maximum atomic E-state index is 5.56. The van der Waals surface area contributed by atoms with Crippen molar-refractivity contribution in [1.82, 2.24) is 0 Å². The van der Waals surface area contributed by atoms with Crippen LogP contribution in [0.15, 0.2) is 71.3 Å². The summed E-state index contributed by atoms with van der Waals surface area (Å²) in [5.41, 5.74) is 3.71. The zero-order chi connectivity index (χ0) is 24.4. The lowest BCUT2D eigenvalue weighted by atomic mass is 10.0. The molecule has 2 aliphatic rings. The molecule has 0 aromatic heterocycles. The molecular formula is C32H50NO+. The van der Waals surface area contributed by atoms with Crippen LogP contribution < -0.4 is 0 Å². The third-order valence-electron chi connectivity index (χ3n) is 6.71. The van der Waals surface area contributed by atoms with E-state index in [-0.39, 0.29) is 0 Å². The first-order chi connectivity index (χ1) is 16.6. The van der Waals surface area contributed by atoms with Crippen molar-refractivity contribution in [2.24, 2.45) is 0 Å². The van der Waals surface area contributed by atoms with Crippen LogP contribution in [0, 0.1) is 0 Å². The van der Waals surface area contributed by atoms with Crippen LogP contribution in [0.1, 0.15) is 111 Å². The average Bonchev–Trinajstić information content (AvgIpc) is 2.82. The van der Waals surface area contributed by atoms with E-state index in [1.54, 1.807) is 0 Å². The Morgan fingerprint density at radius 3 is 1.56 bits per heavy atom. The SMILES string of the molecule is CCCCCCCCCCCCCCCC[N+](C)=C1C=CC(=CC=C2C=C(C)OC(C)=C2)C=C1. The highest BCUT2D eigenvalue weighted by Crippen LogP contribution is 2.19. The number of hydrogen-bond acceptors (Lipinski definition) is 1. The van der Waals surface area contributed by atoms with E-state index in [0.29, 0.717) is 0 Å². The van der Waals surface area contributed by atoms with Crippen molar-refractivity contribution < 1.29 is 9.31 Å². The summed E-state index contributed by atoms with van der Waals surface area (Å²) >= 11 is 0. The van der Waals surface area contributed by atoms with Gasteiger partial charge in [0.15, 0.2) is 5.71 Å². The molecule has 0 atom stereocenters. The zero-order valence-corrected chi connectivity index (χ0v) is 22.6. The molecule has 0 aromatic carbocycles. The minimum absolute atomic E-state index is 0.945. The van der Waals surface area contributed by atoms with E-state index < -0.39 is 0 Å². The summed E-state index contributed by atoms with van der Waals surface area (Å²) in [6.45, 7) is 7.42. The van der Waals surface area contributed by atoms with Crippen LogP contribution in [0.4, 0.5) is 0 Å². The first-order valence-corrected chi connectivity index (χ1v) is 14.0. The monoisotopic (exact) mass is 464 g/mol. The Labute approximate surface area is 210 Å². The lowest BCUT2D eigenvalue weighted by molar-refractivity contribution is -0.496. The van der Waals surface area contributed by atoms with E-state index in [9.17, 15) is 0 Å². The van der Waals surface area contributed by atoms with Gasteiger partial charge in [0.2, 0.25) is 0 Å². The second-order valence-electron chi connectivity index (χ2n) is 10.1. The summed E-state index contributed by atoms with van der Waals surface area (Å²) in [7, 11) is 2.21. The molecule has 0 saturated heterocycles. The maximum absolute atomic E-state index is 5.56. The van der Waals surface area contributed by atoms with Gasteiger partial charge in [-0.05, 0) is 55.7 Å². The quantitative estimate of drug-likeness (QED) is 0.164. The summed E-state index contributed by atoms with van der Waals surface area (Å²) in [6.07, 6.45) is 37.2. The Balaban J connectivity index is 1.55. The highest BCUT2D eigenvalue weighted by molar-refractivity contribution is 6.02. The van der Waals surface area contributed by atoms with E-state index in [1.807, 2.05) is 13.8 Å². The summed E-state index contributed by atoms with van der Waals surface area (Å²) in [5.74, 6) is 1.89. The summed E-state index contributed by atoms with van der Waals surface area (Å²) in [6, 6.07) is 0. The average molecular weight is 465 g/mol. The van der Waals surface area contributed by atoms with Crippen LogP contribution in [-0.2, 0) is 4.74 Å². The molecule has 2 nitrogen and oxygen atoms in total. The molecule has 2 heteroatoms. The van der Waals surface area contributed by atoms with Gasteiger partial charge < -0.3 is 4.74 Å². The third-order valence-corrected chi connectivity index (χ3v) is 6.71. The van der Waals surface area contributed by atoms with Gasteiger partial charge in [-0.15, -0.1) is 0 Å². The second-order valence-corrected chi connectivity index (χ2v) is 10.1. The standard InChI is InChI=1S/C32H50NO/c1-5-6-7-8-9-10-11-12-13-14-15-16-17-18-25-33(4)32-23-21-30(22-24-32)19-20-31-26-28(2)34-29(3)27-31/h19-24,26-27H,5-18,25H2,1-4H3/q+1. The molecule has 0 aromatic rings. The van der Waals surface area contributed by atoms with E-state index in [0.717, 1.165) is 18.1 Å². The van der Waals surface area contributed by atoms with Crippen LogP contribution in [0.25, 0.3) is 0 Å². The molecule has 0 spiro atoms. The molecular weight excluding hydrogens is 414 g/mol. The molecule has 0 bridgehead atoms. The number of ether oxygens (including phenoxy) is 1. The number of rotatable bonds is 16. The van der Waals surface area contributed by atoms with Gasteiger partial charge in [0.25, 0.3) is 0 Å². The van der Waals surface area contributed by atoms with Crippen molar-refractivity contribution in [2.45, 2.75) is 111 Å². The maximum Gasteiger partial charge on any atom is 0.199 e. The lowest BCUT2D eigenvalue weighted by Crippen LogP contribution is -2.16. The van der Waals surface area contributed by atoms with E-state index in [4.69, 9.17) is 4.74 Å². The normalized spacial score (nSPS) is 15.2. The van der Waals surface area contributed by atoms with E-state index >= 15 is 0 Å². The Bertz CT molecular complexity index is 778. The number of unbranched alkanes of at least 4 members (excludes halogenated alkanes) is 13. The minimum atomic E-state index is 0.945. The van der Waals surface area contributed by atoms with Crippen LogP contribution in [0.5, 0.6) is 0 Å². The predicted octanol–water partition coefficient (Wildman–Crippen LogP) is 9.37. The molecule has 0 N–H and O–H groups in total. The minimum Gasteiger partial charge on any atom is -0.467 e. The predicted molar refractivity (Wildman–Crippen MR) is 149 cm³/mol. The van der Waals surface area contributed by atoms with Crippen LogP contribution in [0.3, 0.4) is 0 Å². The summed E-state index contributed by atoms with van der Waals surface area (Å²) in [4.78, 5) is 0. The first-order valence-electron chi connectivity index (χ1n) is 14.0. The Hall–Kier alpha value is -2.09. The van der Waals surface area contributed by atoms with Crippen LogP contribution >= 0.6 is 0 Å². The fraction of sp³-hybridized carbons (Fsp3) is 0.594. The number of nitrogens with zero attached hydrogens (tertiary/aromatic N) is 1. The molecule has 1 heterocycles. The fourth-order valence-electron chi connectivity index (χ4n) is 4.63. The smallest absolute Gasteiger partial charge is 0.199 e. The van der Waals surface area contributed by atoms with Crippen molar-refractivity contribution in [2.75, 3.05) is 13.6 Å². The van der Waals surface area contributed by atoms with Gasteiger partial charge in [-0.3, -0.25) is 0 Å². The van der Waals surface area contributed by atoms with Gasteiger partial charge in [-0.2, -0.15) is 0 Å². The van der Waals surface area contributed by atoms with Crippen LogP contribution in [-0.4, -0.2) is 23.9 Å². The van der Waals surface area contributed by atoms with Crippen molar-refractivity contribution in [3.63, 3.8) is 0 Å². The number of allylic oxidation sites excluding steroid dienone is 12. The lowest BCUT2D eigenvalue weighted by Gasteiger charge is -2.11. The molecule has 188 valence electrons. The third kappa shape index (κ3) is 12.4. The van der Waals surface area contributed by atoms with E-state index in [1.165, 1.54) is 107 Å². The summed E-state index contributed by atoms with van der Waals surface area (Å²) < 4.78 is 7.95. The van der Waals surface area contributed by atoms with Gasteiger partial charge in [0.05, 0.1) is 0 Å². The largest absolute Gasteiger partial charge is 0.467 e. The van der Waals surface area contributed by atoms with Crippen LogP contribution in [0.2, 0.25) is 0 Å². The van der Waals surface area contributed by atoms with E-state index in [2.05, 4.69) is 67.2 Å². The van der Waals surface area contributed by atoms with Crippen molar-refractivity contribution in [3.8, 4) is 0 Å². The Kier molecular flexibility index (Phi) is 14.4. The summed E-state index contributed by atoms with van der Waals surface area (Å²) in [5, 5.41) is 0. The second kappa shape index (κ2) is 17.4. The molecule has 0 radical (unpaired) electrons. The van der Waals surface area contributed by atoms with Gasteiger partial charge in [0.1, 0.15) is 25.1 Å². The number of hydrogen-bond donors (Lipinski definition) is 0. The highest BCUT2D eigenvalue weighted by atomic mass is 16.5. The van der Waals surface area contributed by atoms with Crippen molar-refractivity contribution in [3.05, 3.63) is 71.3 Å².